The number of hydrogen-bond acceptors (Lipinski definition) is 6. The van der Waals surface area contributed by atoms with Crippen molar-refractivity contribution >= 4 is 27.4 Å². The van der Waals surface area contributed by atoms with E-state index >= 15 is 0 Å². The van der Waals surface area contributed by atoms with Crippen LogP contribution < -0.4 is 10.0 Å². The van der Waals surface area contributed by atoms with Crippen molar-refractivity contribution in [2.24, 2.45) is 0 Å². The zero-order chi connectivity index (χ0) is 21.7. The fourth-order valence-corrected chi connectivity index (χ4v) is 4.43. The number of nitrogens with one attached hydrogen (secondary N) is 2. The molecule has 7 nitrogen and oxygen atoms in total. The quantitative estimate of drug-likeness (QED) is 0.614. The van der Waals surface area contributed by atoms with Gasteiger partial charge in [0.15, 0.2) is 0 Å². The smallest absolute Gasteiger partial charge is 0.338 e. The predicted octanol–water partition coefficient (Wildman–Crippen LogP) is 3.95. The molecule has 0 spiro atoms. The average Bonchev–Trinajstić information content (AvgIpc) is 3.21. The molecule has 0 amide bonds. The Morgan fingerprint density at radius 1 is 1.20 bits per heavy atom. The number of benzene rings is 2. The summed E-state index contributed by atoms with van der Waals surface area (Å²) in [5, 5.41) is 3.17. The van der Waals surface area contributed by atoms with Crippen molar-refractivity contribution in [1.82, 2.24) is 0 Å². The van der Waals surface area contributed by atoms with Crippen molar-refractivity contribution < 1.29 is 22.7 Å². The molecule has 30 heavy (non-hydrogen) atoms. The van der Waals surface area contributed by atoms with Crippen molar-refractivity contribution in [2.75, 3.05) is 23.2 Å². The Hall–Kier alpha value is -2.58. The van der Waals surface area contributed by atoms with Gasteiger partial charge in [0.2, 0.25) is 0 Å². The number of aryl methyl sites for hydroxylation is 1. The van der Waals surface area contributed by atoms with Crippen LogP contribution in [0.2, 0.25) is 0 Å². The van der Waals surface area contributed by atoms with E-state index in [1.165, 1.54) is 6.07 Å². The number of anilines is 2. The SMILES string of the molecule is Cc1ccc(NS(=O)(=O)c2cc(C(=O)OC(C)C)ccc2NCC2CCCO2)cc1. The monoisotopic (exact) mass is 432 g/mol. The van der Waals surface area contributed by atoms with Gasteiger partial charge in [0.1, 0.15) is 4.90 Å². The molecule has 1 aliphatic rings. The van der Waals surface area contributed by atoms with Gasteiger partial charge in [-0.15, -0.1) is 0 Å². The zero-order valence-electron chi connectivity index (χ0n) is 17.5. The van der Waals surface area contributed by atoms with E-state index < -0.39 is 16.0 Å². The minimum atomic E-state index is -3.95. The number of rotatable bonds is 8. The first-order valence-corrected chi connectivity index (χ1v) is 11.5. The van der Waals surface area contributed by atoms with E-state index in [4.69, 9.17) is 9.47 Å². The molecule has 0 aliphatic carbocycles. The maximum atomic E-state index is 13.2. The maximum absolute atomic E-state index is 13.2. The predicted molar refractivity (Wildman–Crippen MR) is 116 cm³/mol. The third kappa shape index (κ3) is 5.73. The van der Waals surface area contributed by atoms with Gasteiger partial charge in [0.25, 0.3) is 10.0 Å². The number of hydrogen-bond donors (Lipinski definition) is 2. The summed E-state index contributed by atoms with van der Waals surface area (Å²) in [6, 6.07) is 11.5. The summed E-state index contributed by atoms with van der Waals surface area (Å²) in [5.74, 6) is -0.567. The van der Waals surface area contributed by atoms with E-state index in [0.717, 1.165) is 18.4 Å². The van der Waals surface area contributed by atoms with Crippen molar-refractivity contribution in [1.29, 1.82) is 0 Å². The van der Waals surface area contributed by atoms with Crippen molar-refractivity contribution in [3.8, 4) is 0 Å². The summed E-state index contributed by atoms with van der Waals surface area (Å²) in [6.45, 7) is 6.61. The second-order valence-corrected chi connectivity index (χ2v) is 9.30. The third-order valence-corrected chi connectivity index (χ3v) is 6.12. The second-order valence-electron chi connectivity index (χ2n) is 7.65. The number of esters is 1. The van der Waals surface area contributed by atoms with Crippen LogP contribution in [-0.4, -0.2) is 39.7 Å². The maximum Gasteiger partial charge on any atom is 0.338 e. The van der Waals surface area contributed by atoms with E-state index in [-0.39, 0.29) is 22.7 Å². The Bertz CT molecular complexity index is 981. The molecule has 8 heteroatoms. The van der Waals surface area contributed by atoms with Gasteiger partial charge in [-0.05, 0) is 63.9 Å². The first-order valence-electron chi connectivity index (χ1n) is 10.0. The largest absolute Gasteiger partial charge is 0.459 e. The van der Waals surface area contributed by atoms with Crippen LogP contribution in [0.1, 0.15) is 42.6 Å². The Morgan fingerprint density at radius 2 is 1.93 bits per heavy atom. The van der Waals surface area contributed by atoms with Crippen molar-refractivity contribution in [3.05, 3.63) is 53.6 Å². The highest BCUT2D eigenvalue weighted by atomic mass is 32.2. The second kappa shape index (κ2) is 9.49. The van der Waals surface area contributed by atoms with E-state index in [0.29, 0.717) is 24.5 Å². The van der Waals surface area contributed by atoms with Gasteiger partial charge in [0.05, 0.1) is 23.5 Å². The summed E-state index contributed by atoms with van der Waals surface area (Å²) in [7, 11) is -3.95. The van der Waals surface area contributed by atoms with Gasteiger partial charge in [-0.25, -0.2) is 13.2 Å². The molecule has 2 aromatic rings. The Kier molecular flexibility index (Phi) is 6.99. The third-order valence-electron chi connectivity index (χ3n) is 4.70. The van der Waals surface area contributed by atoms with Crippen LogP contribution in [0.25, 0.3) is 0 Å². The molecule has 1 fully saturated rings. The lowest BCUT2D eigenvalue weighted by Crippen LogP contribution is -2.22. The van der Waals surface area contributed by atoms with Crippen LogP contribution >= 0.6 is 0 Å². The van der Waals surface area contributed by atoms with Gasteiger partial charge < -0.3 is 14.8 Å². The van der Waals surface area contributed by atoms with E-state index in [1.54, 1.807) is 38.1 Å². The molecule has 0 aromatic heterocycles. The molecule has 1 aliphatic heterocycles. The fraction of sp³-hybridized carbons (Fsp3) is 0.409. The molecule has 2 aromatic carbocycles. The van der Waals surface area contributed by atoms with E-state index in [1.807, 2.05) is 19.1 Å². The molecular formula is C22H28N2O5S. The number of carbonyl (C=O) groups excluding carboxylic acids is 1. The normalized spacial score (nSPS) is 16.5. The lowest BCUT2D eigenvalue weighted by Gasteiger charge is -2.17. The standard InChI is InChI=1S/C22H28N2O5S/c1-15(2)29-22(25)17-8-11-20(23-14-19-5-4-12-28-19)21(13-17)30(26,27)24-18-9-6-16(3)7-10-18/h6-11,13,15,19,23-24H,4-5,12,14H2,1-3H3. The van der Waals surface area contributed by atoms with E-state index in [9.17, 15) is 13.2 Å². The molecule has 0 saturated carbocycles. The highest BCUT2D eigenvalue weighted by molar-refractivity contribution is 7.92. The number of sulfonamides is 1. The first kappa shape index (κ1) is 22.1. The van der Waals surface area contributed by atoms with Crippen molar-refractivity contribution in [3.63, 3.8) is 0 Å². The molecule has 1 atom stereocenters. The topological polar surface area (TPSA) is 93.7 Å². The van der Waals surface area contributed by atoms with E-state index in [2.05, 4.69) is 10.0 Å². The van der Waals surface area contributed by atoms with Gasteiger partial charge in [-0.2, -0.15) is 0 Å². The fourth-order valence-electron chi connectivity index (χ4n) is 3.16. The molecule has 162 valence electrons. The molecule has 0 radical (unpaired) electrons. The van der Waals surface area contributed by atoms with Gasteiger partial charge in [-0.3, -0.25) is 4.72 Å². The molecule has 1 unspecified atom stereocenters. The Balaban J connectivity index is 1.91. The van der Waals surface area contributed by atoms with Crippen LogP contribution in [0.4, 0.5) is 11.4 Å². The van der Waals surface area contributed by atoms with Crippen LogP contribution in [0.15, 0.2) is 47.4 Å². The molecule has 3 rings (SSSR count). The molecule has 2 N–H and O–H groups in total. The molecule has 0 bridgehead atoms. The number of ether oxygens (including phenoxy) is 2. The van der Waals surface area contributed by atoms with Gasteiger partial charge >= 0.3 is 5.97 Å². The summed E-state index contributed by atoms with van der Waals surface area (Å²) in [6.07, 6.45) is 1.65. The van der Waals surface area contributed by atoms with Crippen LogP contribution in [-0.2, 0) is 19.5 Å². The van der Waals surface area contributed by atoms with Crippen LogP contribution in [0, 0.1) is 6.92 Å². The average molecular weight is 433 g/mol. The number of carbonyl (C=O) groups is 1. The minimum Gasteiger partial charge on any atom is -0.459 e. The lowest BCUT2D eigenvalue weighted by atomic mass is 10.2. The molecule has 1 heterocycles. The lowest BCUT2D eigenvalue weighted by molar-refractivity contribution is 0.0377. The highest BCUT2D eigenvalue weighted by Gasteiger charge is 2.23. The zero-order valence-corrected chi connectivity index (χ0v) is 18.3. The van der Waals surface area contributed by atoms with Crippen molar-refractivity contribution in [2.45, 2.75) is 50.7 Å². The highest BCUT2D eigenvalue weighted by Crippen LogP contribution is 2.27. The summed E-state index contributed by atoms with van der Waals surface area (Å²) in [5.41, 5.74) is 2.05. The summed E-state index contributed by atoms with van der Waals surface area (Å²) < 4.78 is 39.8. The Morgan fingerprint density at radius 3 is 2.57 bits per heavy atom. The first-order chi connectivity index (χ1) is 14.2. The molecule has 1 saturated heterocycles. The Labute approximate surface area is 177 Å². The molecular weight excluding hydrogens is 404 g/mol. The van der Waals surface area contributed by atoms with Crippen LogP contribution in [0.5, 0.6) is 0 Å². The van der Waals surface area contributed by atoms with Crippen LogP contribution in [0.3, 0.4) is 0 Å². The minimum absolute atomic E-state index is 0.0146. The summed E-state index contributed by atoms with van der Waals surface area (Å²) in [4.78, 5) is 12.3. The summed E-state index contributed by atoms with van der Waals surface area (Å²) >= 11 is 0. The van der Waals surface area contributed by atoms with Gasteiger partial charge in [0, 0.05) is 18.8 Å². The van der Waals surface area contributed by atoms with Gasteiger partial charge in [-0.1, -0.05) is 17.7 Å².